The van der Waals surface area contributed by atoms with Gasteiger partial charge in [-0.05, 0) is 64.2 Å². The number of hydrogen-bond donors (Lipinski definition) is 17. The number of hydrogen-bond acceptors (Lipinski definition) is 24. The number of aliphatic hydroxyl groups is 9. The number of ether oxygens (including phenoxy) is 7. The van der Waals surface area contributed by atoms with Crippen molar-refractivity contribution >= 4 is 47.3 Å². The van der Waals surface area contributed by atoms with Crippen molar-refractivity contribution in [3.8, 4) is 0 Å². The third-order valence-corrected chi connectivity index (χ3v) is 22.1. The van der Waals surface area contributed by atoms with Gasteiger partial charge in [-0.2, -0.15) is 0 Å². The fourth-order valence-electron chi connectivity index (χ4n) is 15.3. The number of methoxy groups -OCH3 is 1. The number of carbonyl (C=O) groups excluding carboxylic acids is 8. The van der Waals surface area contributed by atoms with Crippen LogP contribution in [-0.4, -0.2) is 285 Å². The van der Waals surface area contributed by atoms with E-state index in [1.165, 1.54) is 27.9 Å². The molecule has 3 rings (SSSR count). The summed E-state index contributed by atoms with van der Waals surface area (Å²) in [4.78, 5) is 101. The Morgan fingerprint density at radius 1 is 0.313 bits per heavy atom. The number of unbranched alkanes of at least 4 members (excludes halogenated alkanes) is 27. The molecule has 8 amide bonds. The SMILES string of the molecule is COCNC(=O)CCCC(=O)NC(COCCC(=O)NCCCCCCCCCCCCOC1CC(CO)C(O)C(O)C1NC(C)=O)(COCCC(=O)NCCCCCCCCCCCCOC1CC(CO)C(O)C(O)C1NC(C)=O)COCCC(=O)NCCCCCCCCCCCCOC1CC(CO)C(O)C(O)C1NC(C)=O. The Bertz CT molecular complexity index is 2360. The van der Waals surface area contributed by atoms with Crippen LogP contribution >= 0.6 is 0 Å². The second-order valence-electron chi connectivity index (χ2n) is 32.2. The quantitative estimate of drug-likeness (QED) is 0.0303. The number of carbonyl (C=O) groups is 8. The van der Waals surface area contributed by atoms with Crippen molar-refractivity contribution in [3.63, 3.8) is 0 Å². The smallest absolute Gasteiger partial charge is 0.222 e. The zero-order valence-electron chi connectivity index (χ0n) is 70.2. The maximum absolute atomic E-state index is 13.8. The van der Waals surface area contributed by atoms with E-state index in [4.69, 9.17) is 33.2 Å². The summed E-state index contributed by atoms with van der Waals surface area (Å²) >= 11 is 0. The average molecular weight is 1650 g/mol. The minimum absolute atomic E-state index is 0.0111. The molecule has 0 aromatic heterocycles. The fraction of sp³-hybridized carbons (Fsp3) is 0.904. The zero-order chi connectivity index (χ0) is 84.3. The van der Waals surface area contributed by atoms with Gasteiger partial charge in [0.05, 0.1) is 94.4 Å². The summed E-state index contributed by atoms with van der Waals surface area (Å²) in [6, 6.07) is -2.23. The largest absolute Gasteiger partial charge is 0.396 e. The highest BCUT2D eigenvalue weighted by Crippen LogP contribution is 2.32. The highest BCUT2D eigenvalue weighted by molar-refractivity contribution is 5.80. The first-order chi connectivity index (χ1) is 55.5. The second-order valence-corrected chi connectivity index (χ2v) is 32.2. The van der Waals surface area contributed by atoms with Gasteiger partial charge in [-0.3, -0.25) is 38.4 Å². The molecule has 17 N–H and O–H groups in total. The molecule has 0 aromatic carbocycles. The summed E-state index contributed by atoms with van der Waals surface area (Å²) in [5, 5.41) is 115. The molecule has 0 radical (unpaired) electrons. The van der Waals surface area contributed by atoms with E-state index in [-0.39, 0.29) is 146 Å². The Labute approximate surface area is 684 Å². The van der Waals surface area contributed by atoms with E-state index in [0.29, 0.717) is 58.7 Å². The summed E-state index contributed by atoms with van der Waals surface area (Å²) in [5.74, 6) is -3.83. The minimum atomic E-state index is -1.32. The molecule has 0 aliphatic heterocycles. The number of rotatable bonds is 70. The van der Waals surface area contributed by atoms with Crippen molar-refractivity contribution < 1.29 is 117 Å². The van der Waals surface area contributed by atoms with Crippen LogP contribution < -0.4 is 42.5 Å². The molecule has 0 saturated heterocycles. The maximum atomic E-state index is 13.8. The molecule has 0 heterocycles. The lowest BCUT2D eigenvalue weighted by Gasteiger charge is -2.42. The van der Waals surface area contributed by atoms with E-state index in [2.05, 4.69) is 42.5 Å². The summed E-state index contributed by atoms with van der Waals surface area (Å²) in [6.45, 7) is 5.74. The van der Waals surface area contributed by atoms with Gasteiger partial charge < -0.3 is 122 Å². The van der Waals surface area contributed by atoms with Crippen LogP contribution in [0.15, 0.2) is 0 Å². The number of nitrogens with one attached hydrogen (secondary N) is 8. The van der Waals surface area contributed by atoms with E-state index in [1.807, 2.05) is 0 Å². The summed E-state index contributed by atoms with van der Waals surface area (Å²) in [6.07, 6.45) is 22.9. The fourth-order valence-corrected chi connectivity index (χ4v) is 15.3. The molecule has 0 bridgehead atoms. The zero-order valence-corrected chi connectivity index (χ0v) is 70.2. The van der Waals surface area contributed by atoms with E-state index in [9.17, 15) is 84.3 Å². The molecular formula is C83H154N8O24. The molecule has 32 nitrogen and oxygen atoms in total. The third-order valence-electron chi connectivity index (χ3n) is 22.1. The van der Waals surface area contributed by atoms with Gasteiger partial charge in [0, 0.05) is 137 Å². The van der Waals surface area contributed by atoms with Gasteiger partial charge in [0.15, 0.2) is 0 Å². The Morgan fingerprint density at radius 3 is 0.826 bits per heavy atom. The van der Waals surface area contributed by atoms with Crippen LogP contribution in [-0.2, 0) is 71.5 Å². The topological polar surface area (TPSA) is 479 Å². The van der Waals surface area contributed by atoms with Crippen molar-refractivity contribution in [2.24, 2.45) is 17.8 Å². The van der Waals surface area contributed by atoms with E-state index in [1.54, 1.807) is 0 Å². The molecule has 3 saturated carbocycles. The standard InChI is InChI=1S/C83H154N8O24/c1-60(95)88-74-66(50-63(53-92)77(103)80(74)106)113-44-32-26-20-14-8-5-11-17-23-29-41-84-70(99)38-47-110-56-83(91-73(102)37-35-36-69(98)87-59-109-4,57-111-48-39-71(100)85-42-30-24-18-12-6-9-15-21-27-33-45-114-67-51-64(54-93)78(104)81(107)75(67)89-61(2)96)58-112-49-40-72(101)86-43-31-25-19-13-7-10-16-22-28-34-46-115-68-52-65(55-94)79(105)82(108)76(68)90-62(3)97/h63-68,74-82,92-94,103-108H,5-59H2,1-4H3,(H,84,99)(H,85,100)(H,86,101)(H,87,98)(H,88,95)(H,89,96)(H,90,97)(H,91,102). The predicted molar refractivity (Wildman–Crippen MR) is 432 cm³/mol. The van der Waals surface area contributed by atoms with E-state index >= 15 is 0 Å². The number of aliphatic hydroxyl groups excluding tert-OH is 9. The lowest BCUT2D eigenvalue weighted by atomic mass is 9.79. The molecule has 3 fully saturated rings. The highest BCUT2D eigenvalue weighted by atomic mass is 16.5. The van der Waals surface area contributed by atoms with Crippen LogP contribution in [0.3, 0.4) is 0 Å². The van der Waals surface area contributed by atoms with Gasteiger partial charge in [0.1, 0.15) is 30.6 Å². The third kappa shape index (κ3) is 47.1. The van der Waals surface area contributed by atoms with Crippen LogP contribution in [0.2, 0.25) is 0 Å². The Morgan fingerprint density at radius 2 is 0.565 bits per heavy atom. The molecule has 32 heteroatoms. The molecule has 3 aliphatic rings. The number of amides is 8. The van der Waals surface area contributed by atoms with Crippen LogP contribution in [0.1, 0.15) is 271 Å². The lowest BCUT2D eigenvalue weighted by Crippen LogP contribution is -2.61. The first-order valence-electron chi connectivity index (χ1n) is 43.7. The first-order valence-corrected chi connectivity index (χ1v) is 43.7. The summed E-state index contributed by atoms with van der Waals surface area (Å²) < 4.78 is 41.5. The highest BCUT2D eigenvalue weighted by Gasteiger charge is 2.47. The van der Waals surface area contributed by atoms with Crippen LogP contribution in [0, 0.1) is 17.8 Å². The molecule has 15 unspecified atom stereocenters. The van der Waals surface area contributed by atoms with E-state index < -0.39 is 102 Å². The van der Waals surface area contributed by atoms with Crippen molar-refractivity contribution in [1.29, 1.82) is 0 Å². The van der Waals surface area contributed by atoms with Crippen molar-refractivity contribution in [2.75, 3.05) is 113 Å². The molecule has 115 heavy (non-hydrogen) atoms. The molecule has 0 spiro atoms. The van der Waals surface area contributed by atoms with Gasteiger partial charge in [-0.15, -0.1) is 0 Å². The van der Waals surface area contributed by atoms with Gasteiger partial charge in [0.25, 0.3) is 0 Å². The van der Waals surface area contributed by atoms with E-state index in [0.717, 1.165) is 193 Å². The van der Waals surface area contributed by atoms with Crippen LogP contribution in [0.25, 0.3) is 0 Å². The first kappa shape index (κ1) is 104. The Kier molecular flexibility index (Phi) is 58.9. The maximum Gasteiger partial charge on any atom is 0.222 e. The van der Waals surface area contributed by atoms with Gasteiger partial charge in [-0.25, -0.2) is 0 Å². The molecule has 15 atom stereocenters. The lowest BCUT2D eigenvalue weighted by molar-refractivity contribution is -0.142. The van der Waals surface area contributed by atoms with Crippen molar-refractivity contribution in [2.45, 2.75) is 350 Å². The molecule has 670 valence electrons. The van der Waals surface area contributed by atoms with Crippen molar-refractivity contribution in [1.82, 2.24) is 42.5 Å². The second kappa shape index (κ2) is 65.0. The predicted octanol–water partition coefficient (Wildman–Crippen LogP) is 3.88. The van der Waals surface area contributed by atoms with Gasteiger partial charge >= 0.3 is 0 Å². The summed E-state index contributed by atoms with van der Waals surface area (Å²) in [5.41, 5.74) is -1.32. The Balaban J connectivity index is 1.43. The molecular weight excluding hydrogens is 1490 g/mol. The van der Waals surface area contributed by atoms with Crippen molar-refractivity contribution in [3.05, 3.63) is 0 Å². The minimum Gasteiger partial charge on any atom is -0.396 e. The van der Waals surface area contributed by atoms with Gasteiger partial charge in [0.2, 0.25) is 47.3 Å². The molecule has 0 aromatic rings. The normalized spacial score (nSPS) is 24.0. The monoisotopic (exact) mass is 1650 g/mol. The summed E-state index contributed by atoms with van der Waals surface area (Å²) in [7, 11) is 1.46. The van der Waals surface area contributed by atoms with Crippen LogP contribution in [0.5, 0.6) is 0 Å². The molecule has 3 aliphatic carbocycles. The Hall–Kier alpha value is -4.88. The van der Waals surface area contributed by atoms with Gasteiger partial charge in [-0.1, -0.05) is 154 Å². The average Bonchev–Trinajstić information content (AvgIpc) is 0.817. The van der Waals surface area contributed by atoms with Crippen LogP contribution in [0.4, 0.5) is 0 Å².